The molecule has 5 nitrogen and oxygen atoms in total. The van der Waals surface area contributed by atoms with Crippen LogP contribution in [0.4, 0.5) is 0 Å². The summed E-state index contributed by atoms with van der Waals surface area (Å²) in [4.78, 5) is 11.0. The van der Waals surface area contributed by atoms with Crippen molar-refractivity contribution in [3.8, 4) is 0 Å². The molecule has 92 valence electrons. The Labute approximate surface area is 103 Å². The van der Waals surface area contributed by atoms with Gasteiger partial charge in [-0.2, -0.15) is 0 Å². The number of hydrogen-bond donors (Lipinski definition) is 1. The summed E-state index contributed by atoms with van der Waals surface area (Å²) in [5.41, 5.74) is 2.25. The normalized spacial score (nSPS) is 18.3. The van der Waals surface area contributed by atoms with Crippen LogP contribution in [0.25, 0.3) is 0 Å². The third-order valence-electron chi connectivity index (χ3n) is 3.05. The summed E-state index contributed by atoms with van der Waals surface area (Å²) < 4.78 is 10.5. The van der Waals surface area contributed by atoms with Crippen LogP contribution in [0.3, 0.4) is 0 Å². The number of rotatable bonds is 2. The van der Waals surface area contributed by atoms with Crippen molar-refractivity contribution in [1.82, 2.24) is 5.16 Å². The predicted molar refractivity (Wildman–Crippen MR) is 61.1 cm³/mol. The molecule has 1 unspecified atom stereocenters. The fourth-order valence-electron chi connectivity index (χ4n) is 2.14. The third-order valence-corrected chi connectivity index (χ3v) is 3.05. The second-order valence-electron chi connectivity index (χ2n) is 4.16. The zero-order chi connectivity index (χ0) is 12.5. The molecule has 0 saturated carbocycles. The maximum absolute atomic E-state index is 11.0. The van der Waals surface area contributed by atoms with E-state index in [4.69, 9.17) is 14.4 Å². The predicted octanol–water partition coefficient (Wildman–Crippen LogP) is 2.19. The largest absolute Gasteiger partial charge is 0.475 e. The van der Waals surface area contributed by atoms with Crippen LogP contribution in [0, 0.1) is 0 Å². The molecule has 0 fully saturated rings. The minimum atomic E-state index is -1.09. The number of nitrogens with zero attached hydrogens (tertiary/aromatic N) is 1. The first-order valence-electron chi connectivity index (χ1n) is 5.63. The minimum Gasteiger partial charge on any atom is -0.475 e. The third kappa shape index (κ3) is 1.78. The molecule has 1 aromatic carbocycles. The van der Waals surface area contributed by atoms with Gasteiger partial charge < -0.3 is 14.4 Å². The van der Waals surface area contributed by atoms with Crippen LogP contribution in [-0.4, -0.2) is 16.2 Å². The Hall–Kier alpha value is -2.14. The van der Waals surface area contributed by atoms with Crippen LogP contribution in [-0.2, 0) is 17.8 Å². The highest BCUT2D eigenvalue weighted by molar-refractivity contribution is 5.86. The van der Waals surface area contributed by atoms with Gasteiger partial charge in [0.2, 0.25) is 5.76 Å². The topological polar surface area (TPSA) is 72.6 Å². The van der Waals surface area contributed by atoms with E-state index in [1.807, 2.05) is 30.3 Å². The Kier molecular flexibility index (Phi) is 2.60. The standard InChI is InChI=1S/C13H11NO4/c15-13(16)12-9-6-11(8-4-2-1-3-5-8)17-7-10(9)14-18-12/h1-5,11H,6-7H2,(H,15,16). The number of aromatic carboxylic acids is 1. The zero-order valence-electron chi connectivity index (χ0n) is 9.50. The average Bonchev–Trinajstić information content (AvgIpc) is 2.82. The lowest BCUT2D eigenvalue weighted by Gasteiger charge is -2.22. The summed E-state index contributed by atoms with van der Waals surface area (Å²) in [6.07, 6.45) is 0.334. The zero-order valence-corrected chi connectivity index (χ0v) is 9.50. The lowest BCUT2D eigenvalue weighted by atomic mass is 9.97. The molecule has 0 radical (unpaired) electrons. The molecule has 2 heterocycles. The number of ether oxygens (including phenoxy) is 1. The van der Waals surface area contributed by atoms with E-state index >= 15 is 0 Å². The summed E-state index contributed by atoms with van der Waals surface area (Å²) in [6.45, 7) is 0.283. The van der Waals surface area contributed by atoms with Gasteiger partial charge in [-0.25, -0.2) is 4.79 Å². The maximum Gasteiger partial charge on any atom is 0.375 e. The van der Waals surface area contributed by atoms with Crippen molar-refractivity contribution in [2.45, 2.75) is 19.1 Å². The van der Waals surface area contributed by atoms with Crippen molar-refractivity contribution in [3.05, 3.63) is 52.9 Å². The van der Waals surface area contributed by atoms with Gasteiger partial charge >= 0.3 is 5.97 Å². The Morgan fingerprint density at radius 2 is 2.11 bits per heavy atom. The van der Waals surface area contributed by atoms with Gasteiger partial charge in [-0.3, -0.25) is 0 Å². The van der Waals surface area contributed by atoms with Gasteiger partial charge in [0, 0.05) is 12.0 Å². The summed E-state index contributed by atoms with van der Waals surface area (Å²) in [5.74, 6) is -1.16. The van der Waals surface area contributed by atoms with E-state index in [0.29, 0.717) is 17.7 Å². The van der Waals surface area contributed by atoms with E-state index in [1.165, 1.54) is 0 Å². The molecule has 1 aliphatic rings. The van der Waals surface area contributed by atoms with Crippen LogP contribution in [0.5, 0.6) is 0 Å². The molecule has 2 aromatic rings. The Morgan fingerprint density at radius 1 is 1.33 bits per heavy atom. The number of carbonyl (C=O) groups is 1. The Balaban J connectivity index is 1.93. The fraction of sp³-hybridized carbons (Fsp3) is 0.231. The molecule has 1 aromatic heterocycles. The molecule has 0 aliphatic carbocycles. The van der Waals surface area contributed by atoms with Gasteiger partial charge in [-0.1, -0.05) is 35.5 Å². The van der Waals surface area contributed by atoms with Crippen LogP contribution in [0.15, 0.2) is 34.9 Å². The molecule has 1 N–H and O–H groups in total. The molecule has 3 rings (SSSR count). The lowest BCUT2D eigenvalue weighted by Crippen LogP contribution is -2.16. The average molecular weight is 245 g/mol. The van der Waals surface area contributed by atoms with Gasteiger partial charge in [0.1, 0.15) is 5.69 Å². The van der Waals surface area contributed by atoms with Gasteiger partial charge in [-0.15, -0.1) is 0 Å². The van der Waals surface area contributed by atoms with Crippen molar-refractivity contribution in [3.63, 3.8) is 0 Å². The smallest absolute Gasteiger partial charge is 0.375 e. The molecule has 5 heteroatoms. The first kappa shape index (κ1) is 11.0. The molecule has 1 aliphatic heterocycles. The second-order valence-corrected chi connectivity index (χ2v) is 4.16. The molecular weight excluding hydrogens is 234 g/mol. The van der Waals surface area contributed by atoms with Crippen molar-refractivity contribution >= 4 is 5.97 Å². The summed E-state index contributed by atoms with van der Waals surface area (Å²) in [6, 6.07) is 9.72. The van der Waals surface area contributed by atoms with E-state index in [1.54, 1.807) is 0 Å². The number of aromatic nitrogens is 1. The van der Waals surface area contributed by atoms with Crippen LogP contribution < -0.4 is 0 Å². The Morgan fingerprint density at radius 3 is 2.83 bits per heavy atom. The molecule has 18 heavy (non-hydrogen) atoms. The van der Waals surface area contributed by atoms with E-state index in [9.17, 15) is 4.79 Å². The van der Waals surface area contributed by atoms with Crippen molar-refractivity contribution in [1.29, 1.82) is 0 Å². The van der Waals surface area contributed by atoms with Crippen LogP contribution >= 0.6 is 0 Å². The molecule has 0 bridgehead atoms. The fourth-order valence-corrected chi connectivity index (χ4v) is 2.14. The molecule has 0 saturated heterocycles. The minimum absolute atomic E-state index is 0.0748. The highest BCUT2D eigenvalue weighted by atomic mass is 16.5. The van der Waals surface area contributed by atoms with E-state index < -0.39 is 5.97 Å². The molecular formula is C13H11NO4. The number of fused-ring (bicyclic) bond motifs is 1. The van der Waals surface area contributed by atoms with Gasteiger partial charge in [0.25, 0.3) is 0 Å². The van der Waals surface area contributed by atoms with Crippen molar-refractivity contribution in [2.75, 3.05) is 0 Å². The SMILES string of the molecule is O=C(O)c1onc2c1CC(c1ccccc1)OC2. The number of benzene rings is 1. The summed E-state index contributed by atoms with van der Waals surface area (Å²) in [7, 11) is 0. The highest BCUT2D eigenvalue weighted by Crippen LogP contribution is 2.31. The molecule has 0 spiro atoms. The second kappa shape index (κ2) is 4.27. The van der Waals surface area contributed by atoms with E-state index in [0.717, 1.165) is 5.56 Å². The summed E-state index contributed by atoms with van der Waals surface area (Å²) >= 11 is 0. The number of hydrogen-bond acceptors (Lipinski definition) is 4. The molecule has 1 atom stereocenters. The maximum atomic E-state index is 11.0. The Bertz CT molecular complexity index is 576. The monoisotopic (exact) mass is 245 g/mol. The highest BCUT2D eigenvalue weighted by Gasteiger charge is 2.29. The van der Waals surface area contributed by atoms with Crippen molar-refractivity contribution < 1.29 is 19.2 Å². The van der Waals surface area contributed by atoms with Crippen LogP contribution in [0.2, 0.25) is 0 Å². The first-order valence-corrected chi connectivity index (χ1v) is 5.63. The van der Waals surface area contributed by atoms with E-state index in [-0.39, 0.29) is 18.5 Å². The van der Waals surface area contributed by atoms with Crippen molar-refractivity contribution in [2.24, 2.45) is 0 Å². The lowest BCUT2D eigenvalue weighted by molar-refractivity contribution is 0.0248. The number of carboxylic acids is 1. The van der Waals surface area contributed by atoms with Gasteiger partial charge in [-0.05, 0) is 5.56 Å². The van der Waals surface area contributed by atoms with Gasteiger partial charge in [0.15, 0.2) is 0 Å². The van der Waals surface area contributed by atoms with Crippen LogP contribution in [0.1, 0.15) is 33.5 Å². The van der Waals surface area contributed by atoms with Gasteiger partial charge in [0.05, 0.1) is 12.7 Å². The number of carboxylic acid groups (broad SMARTS) is 1. The quantitative estimate of drug-likeness (QED) is 0.877. The van der Waals surface area contributed by atoms with E-state index in [2.05, 4.69) is 5.16 Å². The summed E-state index contributed by atoms with van der Waals surface area (Å²) in [5, 5.41) is 12.7. The molecule has 0 amide bonds. The first-order chi connectivity index (χ1) is 8.75.